The van der Waals surface area contributed by atoms with Gasteiger partial charge >= 0.3 is 0 Å². The molecular weight excluding hydrogens is 332 g/mol. The molecular formula is C24H22N2O. The molecule has 0 N–H and O–H groups in total. The molecule has 0 bridgehead atoms. The van der Waals surface area contributed by atoms with Gasteiger partial charge in [-0.15, -0.1) is 0 Å². The van der Waals surface area contributed by atoms with Crippen LogP contribution in [0, 0.1) is 0 Å². The maximum Gasteiger partial charge on any atom is 0.263 e. The predicted molar refractivity (Wildman–Crippen MR) is 110 cm³/mol. The van der Waals surface area contributed by atoms with Crippen molar-refractivity contribution in [1.82, 2.24) is 9.55 Å². The van der Waals surface area contributed by atoms with Crippen LogP contribution in [0.25, 0.3) is 22.2 Å². The smallest absolute Gasteiger partial charge is 0.263 e. The van der Waals surface area contributed by atoms with E-state index in [1.807, 2.05) is 66.7 Å². The first-order valence-electron chi connectivity index (χ1n) is 9.13. The fourth-order valence-corrected chi connectivity index (χ4v) is 3.30. The number of para-hydroxylation sites is 2. The van der Waals surface area contributed by atoms with Gasteiger partial charge in [-0.25, -0.2) is 4.98 Å². The molecule has 0 fully saturated rings. The standard InChI is InChI=1S/C24H22N2O/c1-24(2,3)23-25-20-11-7-8-12-21(20)26(23)22(27)19-15-13-18(14-16-19)17-9-5-4-6-10-17/h4-16H,1-3H3. The van der Waals surface area contributed by atoms with Gasteiger partial charge < -0.3 is 0 Å². The molecule has 0 unspecified atom stereocenters. The second-order valence-corrected chi connectivity index (χ2v) is 7.76. The van der Waals surface area contributed by atoms with E-state index in [-0.39, 0.29) is 11.3 Å². The van der Waals surface area contributed by atoms with Gasteiger partial charge in [-0.05, 0) is 35.4 Å². The average Bonchev–Trinajstić information content (AvgIpc) is 3.08. The summed E-state index contributed by atoms with van der Waals surface area (Å²) in [6.07, 6.45) is 0. The summed E-state index contributed by atoms with van der Waals surface area (Å²) >= 11 is 0. The van der Waals surface area contributed by atoms with Crippen LogP contribution in [0.15, 0.2) is 78.9 Å². The Morgan fingerprint density at radius 1 is 0.778 bits per heavy atom. The van der Waals surface area contributed by atoms with Crippen molar-refractivity contribution in [3.63, 3.8) is 0 Å². The fourth-order valence-electron chi connectivity index (χ4n) is 3.30. The van der Waals surface area contributed by atoms with E-state index >= 15 is 0 Å². The van der Waals surface area contributed by atoms with E-state index < -0.39 is 0 Å². The number of hydrogen-bond acceptors (Lipinski definition) is 2. The summed E-state index contributed by atoms with van der Waals surface area (Å²) in [6, 6.07) is 25.7. The number of carbonyl (C=O) groups excluding carboxylic acids is 1. The zero-order chi connectivity index (χ0) is 19.0. The van der Waals surface area contributed by atoms with E-state index in [4.69, 9.17) is 4.98 Å². The number of nitrogens with zero attached hydrogens (tertiary/aromatic N) is 2. The van der Waals surface area contributed by atoms with E-state index in [1.165, 1.54) is 0 Å². The Morgan fingerprint density at radius 2 is 1.37 bits per heavy atom. The molecule has 0 aliphatic rings. The summed E-state index contributed by atoms with van der Waals surface area (Å²) in [5.74, 6) is 0.731. The van der Waals surface area contributed by atoms with Gasteiger partial charge in [-0.3, -0.25) is 9.36 Å². The molecule has 0 saturated heterocycles. The highest BCUT2D eigenvalue weighted by Gasteiger charge is 2.26. The molecule has 27 heavy (non-hydrogen) atoms. The number of carbonyl (C=O) groups is 1. The lowest BCUT2D eigenvalue weighted by Crippen LogP contribution is -2.24. The van der Waals surface area contributed by atoms with Gasteiger partial charge in [-0.1, -0.05) is 75.4 Å². The molecule has 0 aliphatic carbocycles. The highest BCUT2D eigenvalue weighted by Crippen LogP contribution is 2.28. The van der Waals surface area contributed by atoms with Crippen LogP contribution >= 0.6 is 0 Å². The zero-order valence-corrected chi connectivity index (χ0v) is 15.8. The summed E-state index contributed by atoms with van der Waals surface area (Å²) in [5.41, 5.74) is 4.34. The number of imidazole rings is 1. The molecule has 0 atom stereocenters. The monoisotopic (exact) mass is 354 g/mol. The fraction of sp³-hybridized carbons (Fsp3) is 0.167. The van der Waals surface area contributed by atoms with Crippen LogP contribution in [0.4, 0.5) is 0 Å². The van der Waals surface area contributed by atoms with Crippen molar-refractivity contribution >= 4 is 16.9 Å². The number of aromatic nitrogens is 2. The van der Waals surface area contributed by atoms with Crippen LogP contribution in [-0.4, -0.2) is 15.5 Å². The molecule has 134 valence electrons. The Labute approximate surface area is 159 Å². The van der Waals surface area contributed by atoms with Crippen molar-refractivity contribution in [3.8, 4) is 11.1 Å². The summed E-state index contributed by atoms with van der Waals surface area (Å²) in [6.45, 7) is 6.24. The molecule has 0 spiro atoms. The lowest BCUT2D eigenvalue weighted by molar-refractivity contribution is 0.0957. The first-order chi connectivity index (χ1) is 12.9. The topological polar surface area (TPSA) is 34.9 Å². The Kier molecular flexibility index (Phi) is 4.15. The van der Waals surface area contributed by atoms with Crippen molar-refractivity contribution in [3.05, 3.63) is 90.3 Å². The molecule has 0 aliphatic heterocycles. The van der Waals surface area contributed by atoms with Gasteiger partial charge in [0.25, 0.3) is 5.91 Å². The lowest BCUT2D eigenvalue weighted by atomic mass is 9.95. The zero-order valence-electron chi connectivity index (χ0n) is 15.8. The van der Waals surface area contributed by atoms with E-state index in [1.54, 1.807) is 4.57 Å². The molecule has 3 aromatic carbocycles. The second-order valence-electron chi connectivity index (χ2n) is 7.76. The first-order valence-corrected chi connectivity index (χ1v) is 9.13. The molecule has 3 nitrogen and oxygen atoms in total. The number of rotatable bonds is 2. The van der Waals surface area contributed by atoms with Gasteiger partial charge in [0.1, 0.15) is 5.82 Å². The van der Waals surface area contributed by atoms with Gasteiger partial charge in [0.2, 0.25) is 0 Å². The second kappa shape index (κ2) is 6.51. The molecule has 1 aromatic heterocycles. The molecule has 0 radical (unpaired) electrons. The minimum Gasteiger partial charge on any atom is -0.268 e. The summed E-state index contributed by atoms with van der Waals surface area (Å²) < 4.78 is 1.76. The summed E-state index contributed by atoms with van der Waals surface area (Å²) in [5, 5.41) is 0. The Hall–Kier alpha value is -3.20. The summed E-state index contributed by atoms with van der Waals surface area (Å²) in [7, 11) is 0. The van der Waals surface area contributed by atoms with E-state index in [2.05, 4.69) is 32.9 Å². The van der Waals surface area contributed by atoms with Crippen LogP contribution < -0.4 is 0 Å². The Balaban J connectivity index is 1.79. The van der Waals surface area contributed by atoms with Crippen LogP contribution in [0.1, 0.15) is 37.0 Å². The lowest BCUT2D eigenvalue weighted by Gasteiger charge is -2.19. The maximum atomic E-state index is 13.4. The third kappa shape index (κ3) is 3.17. The molecule has 0 saturated carbocycles. The van der Waals surface area contributed by atoms with Gasteiger partial charge in [0.15, 0.2) is 0 Å². The van der Waals surface area contributed by atoms with E-state index in [0.717, 1.165) is 28.0 Å². The third-order valence-electron chi connectivity index (χ3n) is 4.67. The molecule has 0 amide bonds. The number of benzene rings is 3. The quantitative estimate of drug-likeness (QED) is 0.463. The number of hydrogen-bond donors (Lipinski definition) is 0. The SMILES string of the molecule is CC(C)(C)c1nc2ccccc2n1C(=O)c1ccc(-c2ccccc2)cc1. The Morgan fingerprint density at radius 3 is 2.04 bits per heavy atom. The summed E-state index contributed by atoms with van der Waals surface area (Å²) in [4.78, 5) is 18.1. The van der Waals surface area contributed by atoms with Crippen molar-refractivity contribution in [1.29, 1.82) is 0 Å². The van der Waals surface area contributed by atoms with Crippen molar-refractivity contribution in [2.24, 2.45) is 0 Å². The molecule has 4 rings (SSSR count). The molecule has 4 aromatic rings. The van der Waals surface area contributed by atoms with E-state index in [9.17, 15) is 4.79 Å². The van der Waals surface area contributed by atoms with Crippen molar-refractivity contribution < 1.29 is 4.79 Å². The molecule has 3 heteroatoms. The van der Waals surface area contributed by atoms with Crippen molar-refractivity contribution in [2.45, 2.75) is 26.2 Å². The van der Waals surface area contributed by atoms with Crippen LogP contribution in [-0.2, 0) is 5.41 Å². The molecule has 1 heterocycles. The highest BCUT2D eigenvalue weighted by molar-refractivity contribution is 6.02. The maximum absolute atomic E-state index is 13.4. The normalized spacial score (nSPS) is 11.7. The minimum absolute atomic E-state index is 0.0479. The van der Waals surface area contributed by atoms with Crippen LogP contribution in [0.3, 0.4) is 0 Å². The van der Waals surface area contributed by atoms with E-state index in [0.29, 0.717) is 5.56 Å². The largest absolute Gasteiger partial charge is 0.268 e. The van der Waals surface area contributed by atoms with Crippen molar-refractivity contribution in [2.75, 3.05) is 0 Å². The Bertz CT molecular complexity index is 1100. The van der Waals surface area contributed by atoms with Crippen LogP contribution in [0.5, 0.6) is 0 Å². The minimum atomic E-state index is -0.237. The predicted octanol–water partition coefficient (Wildman–Crippen LogP) is 5.69. The average molecular weight is 354 g/mol. The van der Waals surface area contributed by atoms with Gasteiger partial charge in [0, 0.05) is 11.0 Å². The van der Waals surface area contributed by atoms with Gasteiger partial charge in [-0.2, -0.15) is 0 Å². The first kappa shape index (κ1) is 17.2. The van der Waals surface area contributed by atoms with Crippen LogP contribution in [0.2, 0.25) is 0 Å². The number of fused-ring (bicyclic) bond motifs is 1. The van der Waals surface area contributed by atoms with Gasteiger partial charge in [0.05, 0.1) is 11.0 Å². The third-order valence-corrected chi connectivity index (χ3v) is 4.67. The highest BCUT2D eigenvalue weighted by atomic mass is 16.2.